The Labute approximate surface area is 262 Å². The molecule has 3 rings (SSSR count). The molecule has 0 spiro atoms. The molecular formula is C33H53N3O8. The summed E-state index contributed by atoms with van der Waals surface area (Å²) in [4.78, 5) is 43.6. The van der Waals surface area contributed by atoms with Gasteiger partial charge in [-0.15, -0.1) is 0 Å². The Bertz CT molecular complexity index is 1040. The van der Waals surface area contributed by atoms with Gasteiger partial charge < -0.3 is 39.1 Å². The number of allylic oxidation sites excluding steroid dienone is 2. The molecule has 2 amide bonds. The molecule has 11 nitrogen and oxygen atoms in total. The van der Waals surface area contributed by atoms with Gasteiger partial charge in [0.25, 0.3) is 0 Å². The summed E-state index contributed by atoms with van der Waals surface area (Å²) < 4.78 is 17.3. The number of hydrogen-bond donors (Lipinski definition) is 2. The molecule has 0 radical (unpaired) electrons. The minimum Gasteiger partial charge on any atom is -0.457 e. The van der Waals surface area contributed by atoms with Crippen LogP contribution >= 0.6 is 0 Å². The van der Waals surface area contributed by atoms with E-state index in [-0.39, 0.29) is 49.5 Å². The molecule has 3 heterocycles. The van der Waals surface area contributed by atoms with E-state index < -0.39 is 30.4 Å². The van der Waals surface area contributed by atoms with Gasteiger partial charge in [0.2, 0.25) is 0 Å². The number of aliphatic hydroxyl groups is 2. The number of carbonyl (C=O) groups is 3. The molecule has 0 aliphatic carbocycles. The van der Waals surface area contributed by atoms with Gasteiger partial charge >= 0.3 is 18.2 Å². The number of likely N-dealkylation sites (N-methyl/N-ethyl adjacent to an activating group) is 1. The van der Waals surface area contributed by atoms with Gasteiger partial charge in [-0.2, -0.15) is 0 Å². The van der Waals surface area contributed by atoms with Crippen molar-refractivity contribution in [2.24, 2.45) is 17.8 Å². The number of ether oxygens (including phenoxy) is 3. The van der Waals surface area contributed by atoms with Crippen molar-refractivity contribution in [3.8, 4) is 0 Å². The van der Waals surface area contributed by atoms with Gasteiger partial charge in [0.05, 0.1) is 31.8 Å². The topological polar surface area (TPSA) is 129 Å². The van der Waals surface area contributed by atoms with E-state index in [2.05, 4.69) is 4.90 Å². The van der Waals surface area contributed by atoms with E-state index in [1.165, 1.54) is 0 Å². The second-order valence-corrected chi connectivity index (χ2v) is 12.7. The van der Waals surface area contributed by atoms with Crippen molar-refractivity contribution in [2.45, 2.75) is 84.2 Å². The molecule has 3 aliphatic rings. The summed E-state index contributed by atoms with van der Waals surface area (Å²) in [5, 5.41) is 20.0. The van der Waals surface area contributed by atoms with Crippen LogP contribution in [0.3, 0.4) is 0 Å². The summed E-state index contributed by atoms with van der Waals surface area (Å²) >= 11 is 0. The Morgan fingerprint density at radius 2 is 1.82 bits per heavy atom. The van der Waals surface area contributed by atoms with Crippen molar-refractivity contribution >= 4 is 18.2 Å². The second-order valence-electron chi connectivity index (χ2n) is 12.7. The van der Waals surface area contributed by atoms with Crippen LogP contribution in [0.25, 0.3) is 0 Å². The standard InChI is InChI=1S/C33H53N3O8/c1-23(22-42-33(41)36-15-7-10-27(36)21-37)8-6-9-25(3)31-26(4)12-14-29(24(2)11-13-28(38)20-30(39)44-31)43-32(40)35-18-16-34(5)17-19-35/h6,8-9,12,14,23-24,26-29,31,37-38H,7,10-11,13,15-22H2,1-5H3/b8-6+,14-12+,25-9+/t23-,24-,26+,27-,28+,29-,31-/m1/s1. The smallest absolute Gasteiger partial charge is 0.410 e. The van der Waals surface area contributed by atoms with Crippen LogP contribution in [0.2, 0.25) is 0 Å². The van der Waals surface area contributed by atoms with Gasteiger partial charge in [0, 0.05) is 44.6 Å². The highest BCUT2D eigenvalue weighted by molar-refractivity contribution is 5.70. The fourth-order valence-electron chi connectivity index (χ4n) is 5.73. The van der Waals surface area contributed by atoms with Crippen LogP contribution in [0, 0.1) is 17.8 Å². The highest BCUT2D eigenvalue weighted by Crippen LogP contribution is 2.25. The number of carbonyl (C=O) groups excluding carboxylic acids is 3. The van der Waals surface area contributed by atoms with Crippen molar-refractivity contribution in [1.82, 2.24) is 14.7 Å². The van der Waals surface area contributed by atoms with Crippen molar-refractivity contribution in [2.75, 3.05) is 53.0 Å². The van der Waals surface area contributed by atoms with Crippen LogP contribution < -0.4 is 0 Å². The summed E-state index contributed by atoms with van der Waals surface area (Å²) in [6, 6.07) is -0.174. The normalized spacial score (nSPS) is 31.2. The second kappa shape index (κ2) is 17.6. The van der Waals surface area contributed by atoms with E-state index in [9.17, 15) is 24.6 Å². The first-order valence-corrected chi connectivity index (χ1v) is 16.1. The first-order valence-electron chi connectivity index (χ1n) is 16.1. The van der Waals surface area contributed by atoms with E-state index in [1.54, 1.807) is 9.80 Å². The predicted molar refractivity (Wildman–Crippen MR) is 167 cm³/mol. The van der Waals surface area contributed by atoms with Gasteiger partial charge in [-0.25, -0.2) is 9.59 Å². The average Bonchev–Trinajstić information content (AvgIpc) is 3.48. The molecule has 44 heavy (non-hydrogen) atoms. The lowest BCUT2D eigenvalue weighted by molar-refractivity contribution is -0.151. The number of nitrogens with zero attached hydrogens (tertiary/aromatic N) is 3. The Balaban J connectivity index is 1.66. The number of aliphatic hydroxyl groups excluding tert-OH is 2. The molecule has 2 fully saturated rings. The lowest BCUT2D eigenvalue weighted by atomic mass is 9.92. The van der Waals surface area contributed by atoms with Crippen LogP contribution in [0.15, 0.2) is 36.0 Å². The number of piperazine rings is 1. The summed E-state index contributed by atoms with van der Waals surface area (Å²) in [7, 11) is 2.03. The molecular weight excluding hydrogens is 566 g/mol. The van der Waals surface area contributed by atoms with Crippen molar-refractivity contribution in [3.63, 3.8) is 0 Å². The first kappa shape index (κ1) is 35.6. The van der Waals surface area contributed by atoms with E-state index in [0.717, 1.165) is 31.5 Å². The van der Waals surface area contributed by atoms with Gasteiger partial charge in [-0.05, 0) is 57.2 Å². The van der Waals surface area contributed by atoms with E-state index in [4.69, 9.17) is 14.2 Å². The Kier molecular flexibility index (Phi) is 14.2. The molecule has 2 saturated heterocycles. The number of esters is 1. The lowest BCUT2D eigenvalue weighted by Gasteiger charge is -2.33. The van der Waals surface area contributed by atoms with E-state index in [0.29, 0.717) is 32.5 Å². The lowest BCUT2D eigenvalue weighted by Crippen LogP contribution is -2.48. The number of rotatable bonds is 7. The molecule has 0 aromatic heterocycles. The van der Waals surface area contributed by atoms with Crippen molar-refractivity contribution in [3.05, 3.63) is 36.0 Å². The predicted octanol–water partition coefficient (Wildman–Crippen LogP) is 3.76. The van der Waals surface area contributed by atoms with Crippen LogP contribution in [-0.2, 0) is 19.0 Å². The molecule has 0 unspecified atom stereocenters. The Hall–Kier alpha value is -2.89. The maximum atomic E-state index is 13.0. The fraction of sp³-hybridized carbons (Fsp3) is 0.727. The fourth-order valence-corrected chi connectivity index (χ4v) is 5.73. The third-order valence-electron chi connectivity index (χ3n) is 8.80. The molecule has 11 heteroatoms. The van der Waals surface area contributed by atoms with Gasteiger partial charge in [-0.1, -0.05) is 45.1 Å². The minimum absolute atomic E-state index is 0.0476. The molecule has 0 bridgehead atoms. The summed E-state index contributed by atoms with van der Waals surface area (Å²) in [5.74, 6) is -0.792. The monoisotopic (exact) mass is 619 g/mol. The first-order chi connectivity index (χ1) is 21.0. The number of amides is 2. The summed E-state index contributed by atoms with van der Waals surface area (Å²) in [6.45, 7) is 11.3. The SMILES string of the molecule is C/C(=C\C=C\[C@@H](C)COC(=O)N1CCC[C@@H]1CO)[C@H]1OC(=O)C[C@@H](O)CC[C@@H](C)[C@H](OC(=O)N2CCN(C)CC2)/C=C/[C@@H]1C. The maximum Gasteiger partial charge on any atom is 0.410 e. The van der Waals surface area contributed by atoms with Gasteiger partial charge in [0.15, 0.2) is 0 Å². The molecule has 2 N–H and O–H groups in total. The average molecular weight is 620 g/mol. The van der Waals surface area contributed by atoms with Crippen LogP contribution in [-0.4, -0.2) is 120 Å². The Morgan fingerprint density at radius 1 is 1.09 bits per heavy atom. The minimum atomic E-state index is -0.848. The van der Waals surface area contributed by atoms with Crippen LogP contribution in [0.5, 0.6) is 0 Å². The molecule has 0 saturated carbocycles. The third kappa shape index (κ3) is 10.9. The molecule has 0 aromatic rings. The molecule has 3 aliphatic heterocycles. The van der Waals surface area contributed by atoms with Crippen molar-refractivity contribution in [1.29, 1.82) is 0 Å². The van der Waals surface area contributed by atoms with E-state index in [1.807, 2.05) is 65.1 Å². The van der Waals surface area contributed by atoms with Gasteiger partial charge in [-0.3, -0.25) is 4.79 Å². The summed E-state index contributed by atoms with van der Waals surface area (Å²) in [6.07, 6.45) is 9.35. The van der Waals surface area contributed by atoms with E-state index >= 15 is 0 Å². The van der Waals surface area contributed by atoms with Crippen molar-refractivity contribution < 1.29 is 38.8 Å². The Morgan fingerprint density at radius 3 is 2.52 bits per heavy atom. The highest BCUT2D eigenvalue weighted by Gasteiger charge is 2.30. The van der Waals surface area contributed by atoms with Gasteiger partial charge in [0.1, 0.15) is 12.2 Å². The van der Waals surface area contributed by atoms with Crippen LogP contribution in [0.4, 0.5) is 9.59 Å². The number of hydrogen-bond acceptors (Lipinski definition) is 9. The number of cyclic esters (lactones) is 1. The van der Waals surface area contributed by atoms with Crippen LogP contribution in [0.1, 0.15) is 59.8 Å². The molecule has 7 atom stereocenters. The zero-order chi connectivity index (χ0) is 32.2. The zero-order valence-corrected chi connectivity index (χ0v) is 27.1. The number of likely N-dealkylation sites (tertiary alicyclic amines) is 1. The largest absolute Gasteiger partial charge is 0.457 e. The molecule has 0 aromatic carbocycles. The third-order valence-corrected chi connectivity index (χ3v) is 8.80. The maximum absolute atomic E-state index is 13.0. The molecule has 248 valence electrons. The highest BCUT2D eigenvalue weighted by atomic mass is 16.6. The zero-order valence-electron chi connectivity index (χ0n) is 27.1. The quantitative estimate of drug-likeness (QED) is 0.189. The summed E-state index contributed by atoms with van der Waals surface area (Å²) in [5.41, 5.74) is 0.810.